The number of carboxylic acids is 2. The first-order valence-electron chi connectivity index (χ1n) is 13.3. The lowest BCUT2D eigenvalue weighted by Crippen LogP contribution is -2.47. The summed E-state index contributed by atoms with van der Waals surface area (Å²) in [5, 5.41) is 14.8. The van der Waals surface area contributed by atoms with Crippen molar-refractivity contribution >= 4 is 11.9 Å². The highest BCUT2D eigenvalue weighted by Gasteiger charge is 2.26. The number of carboxylic acid groups (broad SMARTS) is 2. The molecule has 1 saturated heterocycles. The topological polar surface area (TPSA) is 90.3 Å². The maximum Gasteiger partial charge on any atom is 0.414 e. The van der Waals surface area contributed by atoms with Crippen molar-refractivity contribution in [3.8, 4) is 5.75 Å². The number of hydrogen-bond acceptors (Lipinski definition) is 5. The zero-order valence-corrected chi connectivity index (χ0v) is 22.3. The third-order valence-electron chi connectivity index (χ3n) is 6.74. The second kappa shape index (κ2) is 14.6. The van der Waals surface area contributed by atoms with E-state index in [0.29, 0.717) is 12.6 Å². The van der Waals surface area contributed by atoms with Crippen LogP contribution >= 0.6 is 0 Å². The van der Waals surface area contributed by atoms with Crippen molar-refractivity contribution in [2.75, 3.05) is 26.2 Å². The van der Waals surface area contributed by atoms with Gasteiger partial charge in [-0.3, -0.25) is 9.80 Å². The van der Waals surface area contributed by atoms with E-state index >= 15 is 0 Å². The van der Waals surface area contributed by atoms with Gasteiger partial charge in [-0.15, -0.1) is 0 Å². The van der Waals surface area contributed by atoms with E-state index in [9.17, 15) is 0 Å². The third kappa shape index (κ3) is 8.53. The Morgan fingerprint density at radius 2 is 1.15 bits per heavy atom. The van der Waals surface area contributed by atoms with Gasteiger partial charge in [-0.05, 0) is 34.4 Å². The van der Waals surface area contributed by atoms with Crippen LogP contribution in [0.5, 0.6) is 5.75 Å². The van der Waals surface area contributed by atoms with Crippen molar-refractivity contribution in [1.29, 1.82) is 0 Å². The Balaban J connectivity index is 0.000000557. The number of aliphatic carboxylic acids is 2. The van der Waals surface area contributed by atoms with E-state index in [-0.39, 0.29) is 0 Å². The molecule has 5 rings (SSSR count). The van der Waals surface area contributed by atoms with E-state index in [0.717, 1.165) is 38.5 Å². The lowest BCUT2D eigenvalue weighted by Gasteiger charge is -2.40. The molecule has 0 aromatic heterocycles. The Bertz CT molecular complexity index is 1290. The van der Waals surface area contributed by atoms with Crippen molar-refractivity contribution in [2.45, 2.75) is 19.2 Å². The van der Waals surface area contributed by atoms with E-state index in [1.165, 1.54) is 22.3 Å². The molecule has 0 amide bonds. The first-order chi connectivity index (χ1) is 19.5. The molecule has 1 aliphatic heterocycles. The molecule has 0 saturated carbocycles. The maximum atomic E-state index is 9.10. The molecule has 7 heteroatoms. The first-order valence-corrected chi connectivity index (χ1v) is 13.3. The quantitative estimate of drug-likeness (QED) is 0.293. The van der Waals surface area contributed by atoms with Crippen LogP contribution in [0, 0.1) is 0 Å². The average Bonchev–Trinajstić information content (AvgIpc) is 2.99. The fourth-order valence-corrected chi connectivity index (χ4v) is 4.80. The lowest BCUT2D eigenvalue weighted by atomic mass is 9.96. The van der Waals surface area contributed by atoms with Gasteiger partial charge in [-0.2, -0.15) is 0 Å². The minimum atomic E-state index is -1.82. The normalized spacial score (nSPS) is 13.7. The van der Waals surface area contributed by atoms with Gasteiger partial charge in [-0.25, -0.2) is 9.59 Å². The van der Waals surface area contributed by atoms with E-state index < -0.39 is 11.9 Å². The molecule has 1 heterocycles. The molecule has 4 aromatic carbocycles. The Hall–Kier alpha value is -4.46. The predicted octanol–water partition coefficient (Wildman–Crippen LogP) is 5.33. The van der Waals surface area contributed by atoms with Gasteiger partial charge in [0.25, 0.3) is 0 Å². The van der Waals surface area contributed by atoms with Crippen LogP contribution in [0.2, 0.25) is 0 Å². The van der Waals surface area contributed by atoms with Crippen molar-refractivity contribution in [2.24, 2.45) is 0 Å². The monoisotopic (exact) mass is 538 g/mol. The summed E-state index contributed by atoms with van der Waals surface area (Å²) >= 11 is 0. The van der Waals surface area contributed by atoms with Gasteiger partial charge in [0.2, 0.25) is 0 Å². The molecule has 40 heavy (non-hydrogen) atoms. The maximum absolute atomic E-state index is 9.10. The van der Waals surface area contributed by atoms with Gasteiger partial charge < -0.3 is 14.9 Å². The van der Waals surface area contributed by atoms with Crippen LogP contribution in [0.3, 0.4) is 0 Å². The summed E-state index contributed by atoms with van der Waals surface area (Å²) in [6, 6.07) is 41.0. The molecule has 0 bridgehead atoms. The number of benzene rings is 4. The van der Waals surface area contributed by atoms with Gasteiger partial charge in [-0.1, -0.05) is 103 Å². The van der Waals surface area contributed by atoms with Crippen LogP contribution in [0.1, 0.15) is 28.3 Å². The van der Waals surface area contributed by atoms with Gasteiger partial charge >= 0.3 is 11.9 Å². The number of carbonyl (C=O) groups is 2. The molecule has 7 nitrogen and oxygen atoms in total. The minimum Gasteiger partial charge on any atom is -0.489 e. The lowest BCUT2D eigenvalue weighted by molar-refractivity contribution is -0.159. The van der Waals surface area contributed by atoms with Gasteiger partial charge in [0.15, 0.2) is 0 Å². The smallest absolute Gasteiger partial charge is 0.414 e. The second-order valence-electron chi connectivity index (χ2n) is 9.57. The van der Waals surface area contributed by atoms with Crippen molar-refractivity contribution < 1.29 is 24.5 Å². The highest BCUT2D eigenvalue weighted by atomic mass is 16.5. The Labute approximate surface area is 234 Å². The van der Waals surface area contributed by atoms with Crippen molar-refractivity contribution in [3.05, 3.63) is 138 Å². The number of rotatable bonds is 8. The van der Waals surface area contributed by atoms with Gasteiger partial charge in [0, 0.05) is 32.7 Å². The molecule has 0 unspecified atom stereocenters. The fraction of sp³-hybridized carbons (Fsp3) is 0.212. The van der Waals surface area contributed by atoms with Gasteiger partial charge in [0.05, 0.1) is 6.04 Å². The van der Waals surface area contributed by atoms with Gasteiger partial charge in [0.1, 0.15) is 12.4 Å². The van der Waals surface area contributed by atoms with Crippen LogP contribution in [-0.2, 0) is 22.7 Å². The van der Waals surface area contributed by atoms with Crippen LogP contribution in [-0.4, -0.2) is 58.1 Å². The molecular formula is C33H34N2O5. The molecule has 2 N–H and O–H groups in total. The summed E-state index contributed by atoms with van der Waals surface area (Å²) in [4.78, 5) is 23.4. The molecule has 4 aromatic rings. The Morgan fingerprint density at radius 1 is 0.650 bits per heavy atom. The molecule has 1 aliphatic rings. The Kier molecular flexibility index (Phi) is 10.4. The molecule has 0 spiro atoms. The Morgan fingerprint density at radius 3 is 1.68 bits per heavy atom. The van der Waals surface area contributed by atoms with Crippen molar-refractivity contribution in [3.63, 3.8) is 0 Å². The molecule has 1 fully saturated rings. The SMILES string of the molecule is O=C(O)C(=O)O.c1ccc(COc2cccc(CN3CCN(C(c4ccccc4)c4ccccc4)CC3)c2)cc1. The molecule has 0 atom stereocenters. The first kappa shape index (κ1) is 28.5. The highest BCUT2D eigenvalue weighted by Crippen LogP contribution is 2.29. The van der Waals surface area contributed by atoms with Crippen LogP contribution < -0.4 is 4.74 Å². The number of nitrogens with zero attached hydrogens (tertiary/aromatic N) is 2. The van der Waals surface area contributed by atoms with Crippen LogP contribution in [0.25, 0.3) is 0 Å². The predicted molar refractivity (Wildman–Crippen MR) is 154 cm³/mol. The number of ether oxygens (including phenoxy) is 1. The minimum absolute atomic E-state index is 0.305. The number of piperazine rings is 1. The van der Waals surface area contributed by atoms with E-state index in [2.05, 4.69) is 119 Å². The average molecular weight is 539 g/mol. The molecular weight excluding hydrogens is 504 g/mol. The molecule has 206 valence electrons. The molecule has 0 aliphatic carbocycles. The standard InChI is InChI=1S/C31H32N2O.C2H2O4/c1-4-11-26(12-5-1)25-34-30-18-10-13-27(23-30)24-32-19-21-33(22-20-32)31(28-14-6-2-7-15-28)29-16-8-3-9-17-29;3-1(4)2(5)6/h1-18,23,31H,19-22,24-25H2;(H,3,4)(H,5,6). The number of hydrogen-bond donors (Lipinski definition) is 2. The summed E-state index contributed by atoms with van der Waals surface area (Å²) in [6.45, 7) is 5.79. The highest BCUT2D eigenvalue weighted by molar-refractivity contribution is 6.27. The van der Waals surface area contributed by atoms with Crippen LogP contribution in [0.4, 0.5) is 0 Å². The summed E-state index contributed by atoms with van der Waals surface area (Å²) in [6.07, 6.45) is 0. The van der Waals surface area contributed by atoms with E-state index in [1.54, 1.807) is 0 Å². The summed E-state index contributed by atoms with van der Waals surface area (Å²) < 4.78 is 6.04. The van der Waals surface area contributed by atoms with E-state index in [1.807, 2.05) is 6.07 Å². The van der Waals surface area contributed by atoms with Crippen LogP contribution in [0.15, 0.2) is 115 Å². The summed E-state index contributed by atoms with van der Waals surface area (Å²) in [7, 11) is 0. The third-order valence-corrected chi connectivity index (χ3v) is 6.74. The van der Waals surface area contributed by atoms with Crippen molar-refractivity contribution in [1.82, 2.24) is 9.80 Å². The zero-order chi connectivity index (χ0) is 28.2. The fourth-order valence-electron chi connectivity index (χ4n) is 4.80. The largest absolute Gasteiger partial charge is 0.489 e. The second-order valence-corrected chi connectivity index (χ2v) is 9.57. The summed E-state index contributed by atoms with van der Waals surface area (Å²) in [5.41, 5.74) is 5.23. The van der Waals surface area contributed by atoms with E-state index in [4.69, 9.17) is 24.5 Å². The molecule has 0 radical (unpaired) electrons. The summed E-state index contributed by atoms with van der Waals surface area (Å²) in [5.74, 6) is -2.71. The zero-order valence-electron chi connectivity index (χ0n) is 22.3.